The van der Waals surface area contributed by atoms with Crippen LogP contribution in [-0.2, 0) is 6.42 Å². The summed E-state index contributed by atoms with van der Waals surface area (Å²) >= 11 is 0. The van der Waals surface area contributed by atoms with E-state index in [1.54, 1.807) is 0 Å². The zero-order chi connectivity index (χ0) is 12.4. The van der Waals surface area contributed by atoms with Gasteiger partial charge < -0.3 is 10.2 Å². The van der Waals surface area contributed by atoms with Crippen molar-refractivity contribution >= 4 is 5.95 Å². The van der Waals surface area contributed by atoms with Crippen molar-refractivity contribution in [2.24, 2.45) is 5.92 Å². The van der Waals surface area contributed by atoms with E-state index in [0.717, 1.165) is 31.3 Å². The van der Waals surface area contributed by atoms with Crippen molar-refractivity contribution in [2.45, 2.75) is 46.2 Å². The summed E-state index contributed by atoms with van der Waals surface area (Å²) in [5.74, 6) is 2.45. The van der Waals surface area contributed by atoms with Gasteiger partial charge in [-0.1, -0.05) is 13.8 Å². The van der Waals surface area contributed by atoms with Gasteiger partial charge in [-0.25, -0.2) is 0 Å². The third-order valence-corrected chi connectivity index (χ3v) is 2.96. The van der Waals surface area contributed by atoms with Crippen LogP contribution < -0.4 is 10.2 Å². The smallest absolute Gasteiger partial charge is 0.244 e. The topological polar surface area (TPSA) is 56.8 Å². The standard InChI is InChI=1S/C12H23N5/c1-8(2)5-11-14-12(16-15-11)17-6-9(3)13-10(4)7-17/h8-10,13H,5-7H2,1-4H3,(H,14,15,16). The number of nitrogens with zero attached hydrogens (tertiary/aromatic N) is 3. The molecule has 0 aromatic carbocycles. The Bertz CT molecular complexity index is 350. The van der Waals surface area contributed by atoms with Crippen LogP contribution in [0, 0.1) is 5.92 Å². The molecule has 1 aromatic heterocycles. The highest BCUT2D eigenvalue weighted by molar-refractivity contribution is 5.30. The molecule has 1 aliphatic heterocycles. The molecule has 2 unspecified atom stereocenters. The Morgan fingerprint density at radius 3 is 2.53 bits per heavy atom. The van der Waals surface area contributed by atoms with Crippen LogP contribution in [0.3, 0.4) is 0 Å². The Kier molecular flexibility index (Phi) is 3.66. The number of hydrogen-bond donors (Lipinski definition) is 2. The molecule has 5 heteroatoms. The summed E-state index contributed by atoms with van der Waals surface area (Å²) in [7, 11) is 0. The molecule has 1 aliphatic rings. The molecule has 96 valence electrons. The number of nitrogens with one attached hydrogen (secondary N) is 2. The molecular weight excluding hydrogens is 214 g/mol. The minimum absolute atomic E-state index is 0.491. The Morgan fingerprint density at radius 2 is 1.94 bits per heavy atom. The Labute approximate surface area is 103 Å². The average molecular weight is 237 g/mol. The molecule has 1 fully saturated rings. The van der Waals surface area contributed by atoms with E-state index < -0.39 is 0 Å². The lowest BCUT2D eigenvalue weighted by Crippen LogP contribution is -2.54. The molecule has 1 saturated heterocycles. The molecule has 0 radical (unpaired) electrons. The van der Waals surface area contributed by atoms with Gasteiger partial charge in [-0.05, 0) is 19.8 Å². The molecule has 5 nitrogen and oxygen atoms in total. The van der Waals surface area contributed by atoms with Gasteiger partial charge in [0.1, 0.15) is 5.82 Å². The molecular formula is C12H23N5. The first-order valence-corrected chi connectivity index (χ1v) is 6.47. The van der Waals surface area contributed by atoms with E-state index in [2.05, 4.69) is 53.1 Å². The van der Waals surface area contributed by atoms with E-state index >= 15 is 0 Å². The molecule has 0 aliphatic carbocycles. The van der Waals surface area contributed by atoms with E-state index in [1.807, 2.05) is 0 Å². The predicted molar refractivity (Wildman–Crippen MR) is 69.2 cm³/mol. The van der Waals surface area contributed by atoms with Crippen molar-refractivity contribution in [1.82, 2.24) is 20.5 Å². The molecule has 0 saturated carbocycles. The van der Waals surface area contributed by atoms with E-state index in [-0.39, 0.29) is 0 Å². The van der Waals surface area contributed by atoms with Crippen LogP contribution in [0.1, 0.15) is 33.5 Å². The van der Waals surface area contributed by atoms with E-state index in [4.69, 9.17) is 0 Å². The van der Waals surface area contributed by atoms with Crippen LogP contribution in [0.25, 0.3) is 0 Å². The maximum atomic E-state index is 4.57. The molecule has 0 amide bonds. The fourth-order valence-corrected chi connectivity index (χ4v) is 2.39. The quantitative estimate of drug-likeness (QED) is 0.829. The molecule has 2 N–H and O–H groups in total. The van der Waals surface area contributed by atoms with Gasteiger partial charge in [0.15, 0.2) is 0 Å². The second kappa shape index (κ2) is 5.04. The first-order chi connectivity index (χ1) is 8.04. The number of rotatable bonds is 3. The SMILES string of the molecule is CC(C)Cc1nc(N2CC(C)NC(C)C2)n[nH]1. The number of aromatic amines is 1. The van der Waals surface area contributed by atoms with Gasteiger partial charge in [0.05, 0.1) is 0 Å². The molecule has 1 aromatic rings. The van der Waals surface area contributed by atoms with Crippen molar-refractivity contribution in [3.05, 3.63) is 5.82 Å². The zero-order valence-electron chi connectivity index (χ0n) is 11.2. The maximum Gasteiger partial charge on any atom is 0.244 e. The summed E-state index contributed by atoms with van der Waals surface area (Å²) in [6.45, 7) is 10.7. The fraction of sp³-hybridized carbons (Fsp3) is 0.833. The van der Waals surface area contributed by atoms with Crippen LogP contribution in [0.15, 0.2) is 0 Å². The number of piperazine rings is 1. The van der Waals surface area contributed by atoms with Gasteiger partial charge in [0, 0.05) is 31.6 Å². The highest BCUT2D eigenvalue weighted by Gasteiger charge is 2.23. The number of anilines is 1. The van der Waals surface area contributed by atoms with Crippen molar-refractivity contribution in [3.63, 3.8) is 0 Å². The molecule has 2 atom stereocenters. The lowest BCUT2D eigenvalue weighted by Gasteiger charge is -2.35. The largest absolute Gasteiger partial charge is 0.336 e. The molecule has 0 bridgehead atoms. The lowest BCUT2D eigenvalue weighted by atomic mass is 10.1. The van der Waals surface area contributed by atoms with E-state index in [9.17, 15) is 0 Å². The Morgan fingerprint density at radius 1 is 1.29 bits per heavy atom. The van der Waals surface area contributed by atoms with Gasteiger partial charge in [0.25, 0.3) is 0 Å². The number of aromatic nitrogens is 3. The van der Waals surface area contributed by atoms with Gasteiger partial charge in [-0.2, -0.15) is 4.98 Å². The van der Waals surface area contributed by atoms with Crippen molar-refractivity contribution in [2.75, 3.05) is 18.0 Å². The summed E-state index contributed by atoms with van der Waals surface area (Å²) in [4.78, 5) is 6.83. The third-order valence-electron chi connectivity index (χ3n) is 2.96. The van der Waals surface area contributed by atoms with E-state index in [0.29, 0.717) is 18.0 Å². The first-order valence-electron chi connectivity index (χ1n) is 6.47. The van der Waals surface area contributed by atoms with Gasteiger partial charge in [-0.15, -0.1) is 5.10 Å². The normalized spacial score (nSPS) is 25.6. The van der Waals surface area contributed by atoms with E-state index in [1.165, 1.54) is 0 Å². The van der Waals surface area contributed by atoms with Crippen molar-refractivity contribution in [3.8, 4) is 0 Å². The first kappa shape index (κ1) is 12.4. The molecule has 17 heavy (non-hydrogen) atoms. The summed E-state index contributed by atoms with van der Waals surface area (Å²) in [6.07, 6.45) is 0.962. The minimum Gasteiger partial charge on any atom is -0.336 e. The fourth-order valence-electron chi connectivity index (χ4n) is 2.39. The van der Waals surface area contributed by atoms with Crippen LogP contribution in [0.4, 0.5) is 5.95 Å². The summed E-state index contributed by atoms with van der Waals surface area (Å²) < 4.78 is 0. The Hall–Kier alpha value is -1.10. The number of hydrogen-bond acceptors (Lipinski definition) is 4. The van der Waals surface area contributed by atoms with Crippen molar-refractivity contribution < 1.29 is 0 Å². The number of H-pyrrole nitrogens is 1. The second-order valence-electron chi connectivity index (χ2n) is 5.55. The summed E-state index contributed by atoms with van der Waals surface area (Å²) in [6, 6.07) is 0.983. The average Bonchev–Trinajstić information content (AvgIpc) is 2.63. The second-order valence-corrected chi connectivity index (χ2v) is 5.55. The highest BCUT2D eigenvalue weighted by atomic mass is 15.4. The van der Waals surface area contributed by atoms with Crippen LogP contribution in [0.2, 0.25) is 0 Å². The van der Waals surface area contributed by atoms with Crippen LogP contribution in [-0.4, -0.2) is 40.4 Å². The predicted octanol–water partition coefficient (Wildman–Crippen LogP) is 1.19. The molecule has 0 spiro atoms. The third kappa shape index (κ3) is 3.19. The Balaban J connectivity index is 2.03. The lowest BCUT2D eigenvalue weighted by molar-refractivity contribution is 0.403. The van der Waals surface area contributed by atoms with Gasteiger partial charge >= 0.3 is 0 Å². The highest BCUT2D eigenvalue weighted by Crippen LogP contribution is 2.13. The molecule has 2 rings (SSSR count). The van der Waals surface area contributed by atoms with Gasteiger partial charge in [0.2, 0.25) is 5.95 Å². The molecule has 2 heterocycles. The van der Waals surface area contributed by atoms with Crippen LogP contribution in [0.5, 0.6) is 0 Å². The monoisotopic (exact) mass is 237 g/mol. The summed E-state index contributed by atoms with van der Waals surface area (Å²) in [5, 5.41) is 10.9. The van der Waals surface area contributed by atoms with Crippen molar-refractivity contribution in [1.29, 1.82) is 0 Å². The maximum absolute atomic E-state index is 4.57. The van der Waals surface area contributed by atoms with Crippen LogP contribution >= 0.6 is 0 Å². The summed E-state index contributed by atoms with van der Waals surface area (Å²) in [5.41, 5.74) is 0. The minimum atomic E-state index is 0.491. The zero-order valence-corrected chi connectivity index (χ0v) is 11.2. The van der Waals surface area contributed by atoms with Gasteiger partial charge in [-0.3, -0.25) is 5.10 Å².